The van der Waals surface area contributed by atoms with Crippen LogP contribution in [0.5, 0.6) is 0 Å². The topological polar surface area (TPSA) is 62.4 Å². The average Bonchev–Trinajstić information content (AvgIpc) is 2.49. The van der Waals surface area contributed by atoms with Crippen LogP contribution in [0.2, 0.25) is 0 Å². The van der Waals surface area contributed by atoms with E-state index < -0.39 is 0 Å². The second kappa shape index (κ2) is 6.87. The highest BCUT2D eigenvalue weighted by molar-refractivity contribution is 5.95. The van der Waals surface area contributed by atoms with Gasteiger partial charge in [-0.1, -0.05) is 27.2 Å². The number of unbranched alkanes of at least 4 members (excludes halogenated alkanes) is 1. The first-order valence-corrected chi connectivity index (χ1v) is 8.37. The SMILES string of the molecule is CCCCO[C@@H]1C[C@@H](N(C)C(=O)c2c[nH]c(=O)cc2C)C1(C)C. The molecule has 5 heteroatoms. The molecule has 1 aliphatic rings. The monoisotopic (exact) mass is 320 g/mol. The highest BCUT2D eigenvalue weighted by atomic mass is 16.5. The molecule has 0 spiro atoms. The molecule has 0 bridgehead atoms. The van der Waals surface area contributed by atoms with E-state index in [2.05, 4.69) is 25.8 Å². The van der Waals surface area contributed by atoms with E-state index in [0.717, 1.165) is 25.9 Å². The number of H-pyrrole nitrogens is 1. The standard InChI is InChI=1S/C18H28N2O3/c1-6-7-8-23-15-10-14(18(15,3)4)20(5)17(22)13-11-19-16(21)9-12(13)2/h9,11,14-15H,6-8,10H2,1-5H3,(H,19,21)/t14-,15-/m1/s1. The van der Waals surface area contributed by atoms with Gasteiger partial charge in [-0.3, -0.25) is 9.59 Å². The van der Waals surface area contributed by atoms with Crippen LogP contribution in [-0.4, -0.2) is 41.6 Å². The third kappa shape index (κ3) is 3.50. The van der Waals surface area contributed by atoms with Crippen molar-refractivity contribution in [3.63, 3.8) is 0 Å². The zero-order valence-electron chi connectivity index (χ0n) is 14.8. The molecule has 1 amide bonds. The van der Waals surface area contributed by atoms with E-state index in [1.807, 2.05) is 7.05 Å². The number of hydrogen-bond acceptors (Lipinski definition) is 3. The Bertz CT molecular complexity index is 621. The normalized spacial score (nSPS) is 22.5. The molecule has 1 saturated carbocycles. The number of nitrogens with zero attached hydrogens (tertiary/aromatic N) is 1. The van der Waals surface area contributed by atoms with Crippen LogP contribution in [0.1, 0.15) is 56.0 Å². The number of amides is 1. The van der Waals surface area contributed by atoms with Crippen LogP contribution in [-0.2, 0) is 4.74 Å². The number of carbonyl (C=O) groups is 1. The third-order valence-electron chi connectivity index (χ3n) is 5.09. The van der Waals surface area contributed by atoms with Gasteiger partial charge in [0.15, 0.2) is 0 Å². The smallest absolute Gasteiger partial charge is 0.255 e. The Hall–Kier alpha value is -1.62. The van der Waals surface area contributed by atoms with E-state index in [1.54, 1.807) is 11.8 Å². The highest BCUT2D eigenvalue weighted by Gasteiger charge is 2.52. The lowest BCUT2D eigenvalue weighted by Gasteiger charge is -2.55. The fourth-order valence-electron chi connectivity index (χ4n) is 3.31. The van der Waals surface area contributed by atoms with Gasteiger partial charge in [0.05, 0.1) is 11.7 Å². The Balaban J connectivity index is 2.05. The van der Waals surface area contributed by atoms with Gasteiger partial charge in [0, 0.05) is 37.4 Å². The van der Waals surface area contributed by atoms with Gasteiger partial charge in [-0.25, -0.2) is 0 Å². The van der Waals surface area contributed by atoms with Crippen LogP contribution < -0.4 is 5.56 Å². The maximum Gasteiger partial charge on any atom is 0.255 e. The van der Waals surface area contributed by atoms with Crippen molar-refractivity contribution in [2.45, 2.75) is 59.1 Å². The summed E-state index contributed by atoms with van der Waals surface area (Å²) in [6.45, 7) is 9.03. The van der Waals surface area contributed by atoms with Crippen LogP contribution in [0.15, 0.2) is 17.1 Å². The maximum atomic E-state index is 12.7. The Labute approximate surface area is 138 Å². The first-order chi connectivity index (χ1) is 10.8. The predicted octanol–water partition coefficient (Wildman–Crippen LogP) is 2.74. The van der Waals surface area contributed by atoms with Crippen LogP contribution >= 0.6 is 0 Å². The van der Waals surface area contributed by atoms with Gasteiger partial charge in [-0.05, 0) is 25.3 Å². The summed E-state index contributed by atoms with van der Waals surface area (Å²) in [5.74, 6) is -0.0520. The second-order valence-electron chi connectivity index (χ2n) is 7.10. The molecule has 1 aliphatic carbocycles. The molecule has 0 aliphatic heterocycles. The number of aromatic amines is 1. The molecule has 0 saturated heterocycles. The number of rotatable bonds is 6. The first-order valence-electron chi connectivity index (χ1n) is 8.37. The number of aryl methyl sites for hydroxylation is 1. The van der Waals surface area contributed by atoms with E-state index >= 15 is 0 Å². The molecule has 0 radical (unpaired) electrons. The molecule has 5 nitrogen and oxygen atoms in total. The van der Waals surface area contributed by atoms with Crippen molar-refractivity contribution >= 4 is 5.91 Å². The van der Waals surface area contributed by atoms with Gasteiger partial charge in [-0.15, -0.1) is 0 Å². The number of ether oxygens (including phenoxy) is 1. The van der Waals surface area contributed by atoms with E-state index in [0.29, 0.717) is 11.1 Å². The van der Waals surface area contributed by atoms with E-state index in [-0.39, 0.29) is 29.0 Å². The van der Waals surface area contributed by atoms with Gasteiger partial charge in [0.2, 0.25) is 5.56 Å². The van der Waals surface area contributed by atoms with Crippen LogP contribution in [0.3, 0.4) is 0 Å². The summed E-state index contributed by atoms with van der Waals surface area (Å²) in [7, 11) is 1.83. The highest BCUT2D eigenvalue weighted by Crippen LogP contribution is 2.45. The molecule has 1 heterocycles. The molecule has 1 N–H and O–H groups in total. The maximum absolute atomic E-state index is 12.7. The Morgan fingerprint density at radius 2 is 2.17 bits per heavy atom. The second-order valence-corrected chi connectivity index (χ2v) is 7.10. The van der Waals surface area contributed by atoms with Crippen molar-refractivity contribution in [3.05, 3.63) is 33.7 Å². The summed E-state index contributed by atoms with van der Waals surface area (Å²) in [4.78, 5) is 28.4. The number of carbonyl (C=O) groups excluding carboxylic acids is 1. The molecular formula is C18H28N2O3. The van der Waals surface area contributed by atoms with Gasteiger partial charge < -0.3 is 14.6 Å². The molecule has 2 atom stereocenters. The Kier molecular flexibility index (Phi) is 5.30. The van der Waals surface area contributed by atoms with Gasteiger partial charge in [0.25, 0.3) is 5.91 Å². The minimum Gasteiger partial charge on any atom is -0.378 e. The van der Waals surface area contributed by atoms with Crippen LogP contribution in [0.4, 0.5) is 0 Å². The van der Waals surface area contributed by atoms with Gasteiger partial charge in [-0.2, -0.15) is 0 Å². The minimum absolute atomic E-state index is 0.0520. The third-order valence-corrected chi connectivity index (χ3v) is 5.09. The molecule has 23 heavy (non-hydrogen) atoms. The van der Waals surface area contributed by atoms with Crippen molar-refractivity contribution in [1.82, 2.24) is 9.88 Å². The zero-order chi connectivity index (χ0) is 17.2. The van der Waals surface area contributed by atoms with Crippen LogP contribution in [0.25, 0.3) is 0 Å². The van der Waals surface area contributed by atoms with Crippen molar-refractivity contribution in [3.8, 4) is 0 Å². The lowest BCUT2D eigenvalue weighted by atomic mass is 9.63. The van der Waals surface area contributed by atoms with Gasteiger partial charge >= 0.3 is 0 Å². The van der Waals surface area contributed by atoms with Crippen LogP contribution in [0, 0.1) is 12.3 Å². The molecule has 0 aromatic carbocycles. The van der Waals surface area contributed by atoms with E-state index in [9.17, 15) is 9.59 Å². The Morgan fingerprint density at radius 1 is 1.48 bits per heavy atom. The van der Waals surface area contributed by atoms with Crippen molar-refractivity contribution < 1.29 is 9.53 Å². The fraction of sp³-hybridized carbons (Fsp3) is 0.667. The number of aromatic nitrogens is 1. The van der Waals surface area contributed by atoms with E-state index in [4.69, 9.17) is 4.74 Å². The summed E-state index contributed by atoms with van der Waals surface area (Å²) in [5, 5.41) is 0. The quantitative estimate of drug-likeness (QED) is 0.820. The molecule has 2 rings (SSSR count). The summed E-state index contributed by atoms with van der Waals surface area (Å²) in [5.41, 5.74) is 1.01. The molecule has 1 aromatic heterocycles. The zero-order valence-corrected chi connectivity index (χ0v) is 14.8. The fourth-order valence-corrected chi connectivity index (χ4v) is 3.31. The summed E-state index contributed by atoms with van der Waals surface area (Å²) >= 11 is 0. The summed E-state index contributed by atoms with van der Waals surface area (Å²) < 4.78 is 5.95. The first kappa shape index (κ1) is 17.7. The predicted molar refractivity (Wildman–Crippen MR) is 90.7 cm³/mol. The lowest BCUT2D eigenvalue weighted by Crippen LogP contribution is -2.62. The molecule has 1 aromatic rings. The number of hydrogen-bond donors (Lipinski definition) is 1. The summed E-state index contributed by atoms with van der Waals surface area (Å²) in [6, 6.07) is 1.61. The molecular weight excluding hydrogens is 292 g/mol. The average molecular weight is 320 g/mol. The minimum atomic E-state index is -0.185. The largest absolute Gasteiger partial charge is 0.378 e. The van der Waals surface area contributed by atoms with E-state index in [1.165, 1.54) is 12.3 Å². The van der Waals surface area contributed by atoms with Crippen molar-refractivity contribution in [2.24, 2.45) is 5.41 Å². The molecule has 0 unspecified atom stereocenters. The molecule has 1 fully saturated rings. The van der Waals surface area contributed by atoms with Crippen molar-refractivity contribution in [2.75, 3.05) is 13.7 Å². The summed E-state index contributed by atoms with van der Waals surface area (Å²) in [6.07, 6.45) is 4.77. The van der Waals surface area contributed by atoms with Crippen molar-refractivity contribution in [1.29, 1.82) is 0 Å². The number of pyridine rings is 1. The van der Waals surface area contributed by atoms with Gasteiger partial charge in [0.1, 0.15) is 0 Å². The Morgan fingerprint density at radius 3 is 2.74 bits per heavy atom. The number of nitrogens with one attached hydrogen (secondary N) is 1. The molecule has 128 valence electrons. The lowest BCUT2D eigenvalue weighted by molar-refractivity contribution is -0.140.